The predicted molar refractivity (Wildman–Crippen MR) is 126 cm³/mol. The standard InChI is InChI=1S/C24H22N6O2S/c1-12-14(3)33-23-19(12)21(17-7-5-16(6-8-17)18-9-25-11-26-10-18)27-20(13(2)24(31)32)22-29-28-15(4)30(22)23/h5-11,13,20H,1-4H3,(H,31,32)/t13-,20?/m0/s1. The highest BCUT2D eigenvalue weighted by molar-refractivity contribution is 7.15. The van der Waals surface area contributed by atoms with Crippen LogP contribution in [0.4, 0.5) is 0 Å². The van der Waals surface area contributed by atoms with E-state index >= 15 is 0 Å². The number of carboxylic acid groups (broad SMARTS) is 1. The molecule has 0 radical (unpaired) electrons. The number of aromatic nitrogens is 5. The summed E-state index contributed by atoms with van der Waals surface area (Å²) in [5, 5.41) is 19.4. The third-order valence-corrected chi connectivity index (χ3v) is 7.30. The summed E-state index contributed by atoms with van der Waals surface area (Å²) in [5.74, 6) is -0.421. The van der Waals surface area contributed by atoms with Gasteiger partial charge in [0.15, 0.2) is 5.82 Å². The molecule has 4 heterocycles. The number of carboxylic acids is 1. The number of aliphatic carboxylic acids is 1. The molecule has 33 heavy (non-hydrogen) atoms. The van der Waals surface area contributed by atoms with Gasteiger partial charge in [-0.2, -0.15) is 0 Å². The average Bonchev–Trinajstić information content (AvgIpc) is 3.29. The number of aryl methyl sites for hydroxylation is 2. The molecule has 0 saturated heterocycles. The summed E-state index contributed by atoms with van der Waals surface area (Å²) in [4.78, 5) is 26.4. The molecule has 4 aromatic rings. The number of hydrogen-bond donors (Lipinski definition) is 1. The van der Waals surface area contributed by atoms with E-state index in [2.05, 4.69) is 34.0 Å². The number of nitrogens with zero attached hydrogens (tertiary/aromatic N) is 6. The van der Waals surface area contributed by atoms with E-state index in [-0.39, 0.29) is 0 Å². The van der Waals surface area contributed by atoms with Gasteiger partial charge < -0.3 is 5.11 Å². The fourth-order valence-electron chi connectivity index (χ4n) is 4.09. The Labute approximate surface area is 194 Å². The molecule has 2 atom stereocenters. The Morgan fingerprint density at radius 3 is 2.36 bits per heavy atom. The second-order valence-electron chi connectivity index (χ2n) is 8.16. The minimum absolute atomic E-state index is 0.554. The number of thiophene rings is 1. The molecule has 1 unspecified atom stereocenters. The van der Waals surface area contributed by atoms with Gasteiger partial charge in [-0.3, -0.25) is 14.4 Å². The Hall–Kier alpha value is -3.72. The van der Waals surface area contributed by atoms with E-state index in [0.717, 1.165) is 38.5 Å². The lowest BCUT2D eigenvalue weighted by atomic mass is 9.97. The normalized spacial score (nSPS) is 15.9. The molecule has 0 spiro atoms. The van der Waals surface area contributed by atoms with Gasteiger partial charge in [0.1, 0.15) is 23.2 Å². The van der Waals surface area contributed by atoms with Gasteiger partial charge >= 0.3 is 5.97 Å². The SMILES string of the molecule is Cc1sc2c(c1C)C(c1ccc(-c3cncnc3)cc1)=NC([C@H](C)C(=O)O)c1nnc(C)n1-2. The third kappa shape index (κ3) is 3.45. The number of benzene rings is 1. The van der Waals surface area contributed by atoms with Crippen molar-refractivity contribution in [3.8, 4) is 16.1 Å². The second-order valence-corrected chi connectivity index (χ2v) is 9.36. The molecular weight excluding hydrogens is 436 g/mol. The highest BCUT2D eigenvalue weighted by Gasteiger charge is 2.36. The topological polar surface area (TPSA) is 106 Å². The van der Waals surface area contributed by atoms with E-state index in [4.69, 9.17) is 4.99 Å². The zero-order valence-electron chi connectivity index (χ0n) is 18.6. The van der Waals surface area contributed by atoms with Gasteiger partial charge in [0.05, 0.1) is 11.6 Å². The molecule has 1 aliphatic heterocycles. The number of carbonyl (C=O) groups is 1. The highest BCUT2D eigenvalue weighted by Crippen LogP contribution is 2.40. The molecule has 9 heteroatoms. The zero-order valence-corrected chi connectivity index (χ0v) is 19.5. The molecule has 0 amide bonds. The van der Waals surface area contributed by atoms with Crippen LogP contribution in [0.1, 0.15) is 46.2 Å². The van der Waals surface area contributed by atoms with Crippen molar-refractivity contribution in [2.45, 2.75) is 33.7 Å². The smallest absolute Gasteiger partial charge is 0.308 e. The van der Waals surface area contributed by atoms with Gasteiger partial charge in [0.25, 0.3) is 0 Å². The molecule has 166 valence electrons. The van der Waals surface area contributed by atoms with Crippen molar-refractivity contribution in [2.75, 3.05) is 0 Å². The molecule has 0 fully saturated rings. The van der Waals surface area contributed by atoms with Crippen molar-refractivity contribution in [2.24, 2.45) is 10.9 Å². The van der Waals surface area contributed by atoms with E-state index in [0.29, 0.717) is 11.6 Å². The van der Waals surface area contributed by atoms with E-state index in [1.54, 1.807) is 30.7 Å². The van der Waals surface area contributed by atoms with Crippen molar-refractivity contribution >= 4 is 23.0 Å². The first-order valence-electron chi connectivity index (χ1n) is 10.6. The Morgan fingerprint density at radius 2 is 1.70 bits per heavy atom. The Kier molecular flexibility index (Phi) is 5.13. The summed E-state index contributed by atoms with van der Waals surface area (Å²) in [7, 11) is 0. The number of fused-ring (bicyclic) bond motifs is 3. The highest BCUT2D eigenvalue weighted by atomic mass is 32.1. The summed E-state index contributed by atoms with van der Waals surface area (Å²) in [6.45, 7) is 7.71. The zero-order chi connectivity index (χ0) is 23.3. The Morgan fingerprint density at radius 1 is 1.03 bits per heavy atom. The van der Waals surface area contributed by atoms with Crippen LogP contribution in [0, 0.1) is 26.7 Å². The number of aliphatic imine (C=N–C) groups is 1. The van der Waals surface area contributed by atoms with Crippen LogP contribution in [0.3, 0.4) is 0 Å². The van der Waals surface area contributed by atoms with Crippen LogP contribution in [0.2, 0.25) is 0 Å². The lowest BCUT2D eigenvalue weighted by Crippen LogP contribution is -2.21. The van der Waals surface area contributed by atoms with Crippen molar-refractivity contribution < 1.29 is 9.90 Å². The van der Waals surface area contributed by atoms with Gasteiger partial charge in [0.2, 0.25) is 0 Å². The number of hydrogen-bond acceptors (Lipinski definition) is 7. The molecule has 8 nitrogen and oxygen atoms in total. The first-order chi connectivity index (χ1) is 15.9. The first-order valence-corrected chi connectivity index (χ1v) is 11.4. The maximum absolute atomic E-state index is 12.0. The minimum Gasteiger partial charge on any atom is -0.481 e. The van der Waals surface area contributed by atoms with Gasteiger partial charge in [-0.15, -0.1) is 21.5 Å². The molecule has 0 saturated carbocycles. The number of rotatable bonds is 4. The summed E-state index contributed by atoms with van der Waals surface area (Å²) in [6, 6.07) is 7.38. The van der Waals surface area contributed by atoms with Gasteiger partial charge in [-0.05, 0) is 38.8 Å². The van der Waals surface area contributed by atoms with Crippen LogP contribution in [0.5, 0.6) is 0 Å². The summed E-state index contributed by atoms with van der Waals surface area (Å²) >= 11 is 1.65. The van der Waals surface area contributed by atoms with Crippen molar-refractivity contribution in [1.82, 2.24) is 24.7 Å². The fraction of sp³-hybridized carbons (Fsp3) is 0.250. The molecule has 0 aliphatic carbocycles. The van der Waals surface area contributed by atoms with Crippen LogP contribution in [0.15, 0.2) is 48.0 Å². The summed E-state index contributed by atoms with van der Waals surface area (Å²) in [5.41, 5.74) is 5.72. The predicted octanol–water partition coefficient (Wildman–Crippen LogP) is 4.32. The van der Waals surface area contributed by atoms with Gasteiger partial charge in [0, 0.05) is 34.0 Å². The fourth-order valence-corrected chi connectivity index (χ4v) is 5.30. The first kappa shape index (κ1) is 21.1. The molecule has 0 bridgehead atoms. The minimum atomic E-state index is -0.923. The molecule has 5 rings (SSSR count). The van der Waals surface area contributed by atoms with E-state index < -0.39 is 17.9 Å². The van der Waals surface area contributed by atoms with Crippen molar-refractivity contribution in [1.29, 1.82) is 0 Å². The van der Waals surface area contributed by atoms with Gasteiger partial charge in [-0.25, -0.2) is 9.97 Å². The van der Waals surface area contributed by atoms with Crippen LogP contribution >= 0.6 is 11.3 Å². The monoisotopic (exact) mass is 458 g/mol. The molecule has 1 aliphatic rings. The maximum atomic E-state index is 12.0. The van der Waals surface area contributed by atoms with Crippen molar-refractivity contribution in [3.63, 3.8) is 0 Å². The van der Waals surface area contributed by atoms with Crippen LogP contribution < -0.4 is 0 Å². The lowest BCUT2D eigenvalue weighted by molar-refractivity contribution is -0.141. The van der Waals surface area contributed by atoms with Crippen LogP contribution in [-0.2, 0) is 4.79 Å². The maximum Gasteiger partial charge on any atom is 0.308 e. The Balaban J connectivity index is 1.73. The summed E-state index contributed by atoms with van der Waals surface area (Å²) < 4.78 is 1.97. The molecule has 3 aromatic heterocycles. The Bertz CT molecular complexity index is 1390. The lowest BCUT2D eigenvalue weighted by Gasteiger charge is -2.16. The van der Waals surface area contributed by atoms with Crippen molar-refractivity contribution in [3.05, 3.63) is 76.2 Å². The largest absolute Gasteiger partial charge is 0.481 e. The van der Waals surface area contributed by atoms with E-state index in [1.165, 1.54) is 11.2 Å². The quantitative estimate of drug-likeness (QED) is 0.488. The molecular formula is C24H22N6O2S. The third-order valence-electron chi connectivity index (χ3n) is 6.10. The average molecular weight is 459 g/mol. The molecule has 1 N–H and O–H groups in total. The van der Waals surface area contributed by atoms with E-state index in [1.807, 2.05) is 35.8 Å². The second kappa shape index (κ2) is 8.00. The summed E-state index contributed by atoms with van der Waals surface area (Å²) in [6.07, 6.45) is 5.05. The van der Waals surface area contributed by atoms with Gasteiger partial charge in [-0.1, -0.05) is 24.3 Å². The van der Waals surface area contributed by atoms with E-state index in [9.17, 15) is 9.90 Å². The van der Waals surface area contributed by atoms with Crippen LogP contribution in [0.25, 0.3) is 16.1 Å². The molecule has 1 aromatic carbocycles. The van der Waals surface area contributed by atoms with Crippen LogP contribution in [-0.4, -0.2) is 41.5 Å².